The van der Waals surface area contributed by atoms with Crippen LogP contribution < -0.4 is 5.32 Å². The number of hydrogen-bond acceptors (Lipinski definition) is 2. The van der Waals surface area contributed by atoms with Crippen molar-refractivity contribution in [3.63, 3.8) is 0 Å². The Morgan fingerprint density at radius 1 is 1.00 bits per heavy atom. The second-order valence-corrected chi connectivity index (χ2v) is 5.95. The number of rotatable bonds is 7. The van der Waals surface area contributed by atoms with Crippen molar-refractivity contribution in [1.82, 2.24) is 5.32 Å². The van der Waals surface area contributed by atoms with Crippen LogP contribution in [0.15, 0.2) is 59.1 Å². The molecular formula is C18H22BrNO. The Bertz CT molecular complexity index is 527. The topological polar surface area (TPSA) is 21.3 Å². The average Bonchev–Trinajstić information content (AvgIpc) is 2.53. The van der Waals surface area contributed by atoms with E-state index in [0.717, 1.165) is 17.6 Å². The Morgan fingerprint density at radius 3 is 2.29 bits per heavy atom. The molecule has 0 saturated heterocycles. The van der Waals surface area contributed by atoms with Crippen LogP contribution in [0.1, 0.15) is 37.2 Å². The van der Waals surface area contributed by atoms with Crippen molar-refractivity contribution in [2.24, 2.45) is 0 Å². The summed E-state index contributed by atoms with van der Waals surface area (Å²) in [6.07, 6.45) is 0.117. The maximum absolute atomic E-state index is 6.29. The summed E-state index contributed by atoms with van der Waals surface area (Å²) in [5.41, 5.74) is 2.40. The standard InChI is InChI=1S/C18H22BrNO/c1-3-20-13-18(16-9-11-17(19)12-10-16)21-14(2)15-7-5-4-6-8-15/h4-12,14,18,20H,3,13H2,1-2H3. The average molecular weight is 348 g/mol. The molecule has 0 spiro atoms. The molecule has 0 amide bonds. The summed E-state index contributed by atoms with van der Waals surface area (Å²) in [5.74, 6) is 0. The lowest BCUT2D eigenvalue weighted by molar-refractivity contribution is -0.00410. The molecule has 0 aliphatic heterocycles. The van der Waals surface area contributed by atoms with Crippen molar-refractivity contribution >= 4 is 15.9 Å². The molecule has 21 heavy (non-hydrogen) atoms. The van der Waals surface area contributed by atoms with Crippen molar-refractivity contribution in [3.05, 3.63) is 70.2 Å². The lowest BCUT2D eigenvalue weighted by Gasteiger charge is -2.23. The van der Waals surface area contributed by atoms with E-state index >= 15 is 0 Å². The Morgan fingerprint density at radius 2 is 1.67 bits per heavy atom. The zero-order chi connectivity index (χ0) is 15.1. The van der Waals surface area contributed by atoms with E-state index in [1.807, 2.05) is 18.2 Å². The van der Waals surface area contributed by atoms with Crippen LogP contribution >= 0.6 is 15.9 Å². The molecule has 2 nitrogen and oxygen atoms in total. The van der Waals surface area contributed by atoms with Gasteiger partial charge in [-0.3, -0.25) is 0 Å². The van der Waals surface area contributed by atoms with Crippen LogP contribution in [0.5, 0.6) is 0 Å². The monoisotopic (exact) mass is 347 g/mol. The summed E-state index contributed by atoms with van der Waals surface area (Å²) in [6, 6.07) is 18.7. The molecule has 3 heteroatoms. The quantitative estimate of drug-likeness (QED) is 0.770. The van der Waals surface area contributed by atoms with Gasteiger partial charge in [-0.1, -0.05) is 65.3 Å². The highest BCUT2D eigenvalue weighted by atomic mass is 79.9. The highest BCUT2D eigenvalue weighted by molar-refractivity contribution is 9.10. The molecule has 1 N–H and O–H groups in total. The highest BCUT2D eigenvalue weighted by Crippen LogP contribution is 2.27. The molecule has 0 heterocycles. The zero-order valence-electron chi connectivity index (χ0n) is 12.6. The number of benzene rings is 2. The van der Waals surface area contributed by atoms with Crippen LogP contribution in [0, 0.1) is 0 Å². The second-order valence-electron chi connectivity index (χ2n) is 5.04. The summed E-state index contributed by atoms with van der Waals surface area (Å²) in [7, 11) is 0. The van der Waals surface area contributed by atoms with Gasteiger partial charge in [-0.25, -0.2) is 0 Å². The third-order valence-corrected chi connectivity index (χ3v) is 3.99. The van der Waals surface area contributed by atoms with Crippen LogP contribution in [-0.2, 0) is 4.74 Å². The zero-order valence-corrected chi connectivity index (χ0v) is 14.1. The Kier molecular flexibility index (Phi) is 6.43. The maximum Gasteiger partial charge on any atom is 0.0957 e. The lowest BCUT2D eigenvalue weighted by Crippen LogP contribution is -2.24. The molecular weight excluding hydrogens is 326 g/mol. The fourth-order valence-corrected chi connectivity index (χ4v) is 2.51. The minimum atomic E-state index is 0.0493. The summed E-state index contributed by atoms with van der Waals surface area (Å²) < 4.78 is 7.37. The van der Waals surface area contributed by atoms with Gasteiger partial charge in [-0.05, 0) is 36.7 Å². The van der Waals surface area contributed by atoms with Gasteiger partial charge in [0.05, 0.1) is 12.2 Å². The van der Waals surface area contributed by atoms with Crippen molar-refractivity contribution in [1.29, 1.82) is 0 Å². The minimum absolute atomic E-state index is 0.0493. The molecule has 0 bridgehead atoms. The van der Waals surface area contributed by atoms with Crippen molar-refractivity contribution in [2.75, 3.05) is 13.1 Å². The van der Waals surface area contributed by atoms with Crippen LogP contribution in [-0.4, -0.2) is 13.1 Å². The first-order chi connectivity index (χ1) is 10.2. The first kappa shape index (κ1) is 16.2. The van der Waals surface area contributed by atoms with Gasteiger partial charge in [0.1, 0.15) is 0 Å². The second kappa shape index (κ2) is 8.32. The summed E-state index contributed by atoms with van der Waals surface area (Å²) in [6.45, 7) is 5.97. The highest BCUT2D eigenvalue weighted by Gasteiger charge is 2.16. The third-order valence-electron chi connectivity index (χ3n) is 3.46. The Hall–Kier alpha value is -1.16. The van der Waals surface area contributed by atoms with Gasteiger partial charge in [0.2, 0.25) is 0 Å². The number of nitrogens with one attached hydrogen (secondary N) is 1. The smallest absolute Gasteiger partial charge is 0.0957 e. The Balaban J connectivity index is 2.10. The summed E-state index contributed by atoms with van der Waals surface area (Å²) >= 11 is 3.48. The molecule has 112 valence electrons. The maximum atomic E-state index is 6.29. The van der Waals surface area contributed by atoms with E-state index in [1.54, 1.807) is 0 Å². The van der Waals surface area contributed by atoms with Gasteiger partial charge >= 0.3 is 0 Å². The SMILES string of the molecule is CCNCC(OC(C)c1ccccc1)c1ccc(Br)cc1. The Labute approximate surface area is 135 Å². The third kappa shape index (κ3) is 4.95. The summed E-state index contributed by atoms with van der Waals surface area (Å²) in [5, 5.41) is 3.38. The fraction of sp³-hybridized carbons (Fsp3) is 0.333. The molecule has 0 radical (unpaired) electrons. The van der Waals surface area contributed by atoms with Crippen molar-refractivity contribution in [3.8, 4) is 0 Å². The molecule has 2 unspecified atom stereocenters. The predicted octanol–water partition coefficient (Wildman–Crippen LogP) is 4.88. The van der Waals surface area contributed by atoms with E-state index in [-0.39, 0.29) is 12.2 Å². The molecule has 0 fully saturated rings. The van der Waals surface area contributed by atoms with Gasteiger partial charge in [-0.2, -0.15) is 0 Å². The first-order valence-corrected chi connectivity index (χ1v) is 8.16. The van der Waals surface area contributed by atoms with E-state index in [9.17, 15) is 0 Å². The van der Waals surface area contributed by atoms with Gasteiger partial charge in [0, 0.05) is 11.0 Å². The molecule has 2 rings (SSSR count). The lowest BCUT2D eigenvalue weighted by atomic mass is 10.1. The van der Waals surface area contributed by atoms with Crippen LogP contribution in [0.3, 0.4) is 0 Å². The molecule has 2 aromatic rings. The molecule has 0 saturated carbocycles. The van der Waals surface area contributed by atoms with Crippen LogP contribution in [0.4, 0.5) is 0 Å². The van der Waals surface area contributed by atoms with Crippen molar-refractivity contribution in [2.45, 2.75) is 26.1 Å². The largest absolute Gasteiger partial charge is 0.365 e. The number of halogens is 1. The van der Waals surface area contributed by atoms with Crippen LogP contribution in [0.25, 0.3) is 0 Å². The van der Waals surface area contributed by atoms with E-state index in [1.165, 1.54) is 11.1 Å². The summed E-state index contributed by atoms with van der Waals surface area (Å²) in [4.78, 5) is 0. The molecule has 0 aliphatic carbocycles. The predicted molar refractivity (Wildman–Crippen MR) is 91.4 cm³/mol. The minimum Gasteiger partial charge on any atom is -0.365 e. The number of likely N-dealkylation sites (N-methyl/N-ethyl adjacent to an activating group) is 1. The molecule has 2 aromatic carbocycles. The normalized spacial score (nSPS) is 13.9. The fourth-order valence-electron chi connectivity index (χ4n) is 2.25. The van der Waals surface area contributed by atoms with Gasteiger partial charge < -0.3 is 10.1 Å². The van der Waals surface area contributed by atoms with E-state index in [4.69, 9.17) is 4.74 Å². The van der Waals surface area contributed by atoms with Crippen molar-refractivity contribution < 1.29 is 4.74 Å². The molecule has 2 atom stereocenters. The van der Waals surface area contributed by atoms with Crippen LogP contribution in [0.2, 0.25) is 0 Å². The molecule has 0 aromatic heterocycles. The van der Waals surface area contributed by atoms with Gasteiger partial charge in [-0.15, -0.1) is 0 Å². The van der Waals surface area contributed by atoms with E-state index < -0.39 is 0 Å². The van der Waals surface area contributed by atoms with E-state index in [0.29, 0.717) is 0 Å². The number of hydrogen-bond donors (Lipinski definition) is 1. The molecule has 0 aliphatic rings. The van der Waals surface area contributed by atoms with Gasteiger partial charge in [0.15, 0.2) is 0 Å². The first-order valence-electron chi connectivity index (χ1n) is 7.37. The van der Waals surface area contributed by atoms with E-state index in [2.05, 4.69) is 71.5 Å². The van der Waals surface area contributed by atoms with Gasteiger partial charge in [0.25, 0.3) is 0 Å². The number of ether oxygens (including phenoxy) is 1.